The SMILES string of the molecule is COc1ccc2[nH]cc(CCN[C@@H]3CC(=O)N(c4cccc5ccccc45)C3=O)c2c1. The van der Waals surface area contributed by atoms with Crippen molar-refractivity contribution in [1.29, 1.82) is 0 Å². The number of fused-ring (bicyclic) bond motifs is 2. The molecule has 156 valence electrons. The zero-order valence-corrected chi connectivity index (χ0v) is 17.2. The summed E-state index contributed by atoms with van der Waals surface area (Å²) in [5, 5.41) is 6.30. The summed E-state index contributed by atoms with van der Waals surface area (Å²) in [7, 11) is 1.65. The van der Waals surface area contributed by atoms with Crippen molar-refractivity contribution in [3.63, 3.8) is 0 Å². The van der Waals surface area contributed by atoms with Crippen LogP contribution in [0.25, 0.3) is 21.7 Å². The van der Waals surface area contributed by atoms with Crippen molar-refractivity contribution in [2.45, 2.75) is 18.9 Å². The highest BCUT2D eigenvalue weighted by Crippen LogP contribution is 2.31. The molecule has 2 N–H and O–H groups in total. The number of imide groups is 1. The fourth-order valence-corrected chi connectivity index (χ4v) is 4.32. The maximum absolute atomic E-state index is 13.1. The molecule has 31 heavy (non-hydrogen) atoms. The van der Waals surface area contributed by atoms with Crippen LogP contribution in [0.1, 0.15) is 12.0 Å². The van der Waals surface area contributed by atoms with Crippen LogP contribution >= 0.6 is 0 Å². The molecule has 0 spiro atoms. The number of ether oxygens (including phenoxy) is 1. The highest BCUT2D eigenvalue weighted by molar-refractivity contribution is 6.25. The molecular formula is C25H23N3O3. The van der Waals surface area contributed by atoms with Crippen molar-refractivity contribution in [1.82, 2.24) is 10.3 Å². The number of hydrogen-bond donors (Lipinski definition) is 2. The molecule has 1 atom stereocenters. The Morgan fingerprint density at radius 2 is 1.90 bits per heavy atom. The number of amides is 2. The van der Waals surface area contributed by atoms with Crippen molar-refractivity contribution >= 4 is 39.2 Å². The first-order valence-electron chi connectivity index (χ1n) is 10.4. The van der Waals surface area contributed by atoms with Crippen molar-refractivity contribution in [3.05, 3.63) is 72.4 Å². The highest BCUT2D eigenvalue weighted by atomic mass is 16.5. The van der Waals surface area contributed by atoms with Crippen molar-refractivity contribution < 1.29 is 14.3 Å². The van der Waals surface area contributed by atoms with E-state index in [2.05, 4.69) is 10.3 Å². The molecule has 0 radical (unpaired) electrons. The van der Waals surface area contributed by atoms with E-state index in [0.717, 1.165) is 39.4 Å². The monoisotopic (exact) mass is 413 g/mol. The smallest absolute Gasteiger partial charge is 0.251 e. The van der Waals surface area contributed by atoms with Gasteiger partial charge >= 0.3 is 0 Å². The molecule has 1 saturated heterocycles. The molecule has 0 aliphatic carbocycles. The number of anilines is 1. The van der Waals surface area contributed by atoms with Crippen molar-refractivity contribution in [3.8, 4) is 5.75 Å². The molecule has 1 aliphatic heterocycles. The van der Waals surface area contributed by atoms with Crippen LogP contribution in [0.15, 0.2) is 66.9 Å². The number of hydrogen-bond acceptors (Lipinski definition) is 4. The van der Waals surface area contributed by atoms with Gasteiger partial charge in [0.1, 0.15) is 5.75 Å². The number of aromatic amines is 1. The van der Waals surface area contributed by atoms with Crippen LogP contribution in [-0.4, -0.2) is 36.5 Å². The molecule has 4 aromatic rings. The highest BCUT2D eigenvalue weighted by Gasteiger charge is 2.39. The molecule has 0 bridgehead atoms. The van der Waals surface area contributed by atoms with Crippen LogP contribution in [0.2, 0.25) is 0 Å². The van der Waals surface area contributed by atoms with Crippen LogP contribution < -0.4 is 15.0 Å². The van der Waals surface area contributed by atoms with E-state index < -0.39 is 6.04 Å². The minimum Gasteiger partial charge on any atom is -0.497 e. The quantitative estimate of drug-likeness (QED) is 0.472. The van der Waals surface area contributed by atoms with E-state index >= 15 is 0 Å². The molecule has 1 aliphatic rings. The lowest BCUT2D eigenvalue weighted by Gasteiger charge is -2.17. The van der Waals surface area contributed by atoms with Gasteiger partial charge in [-0.2, -0.15) is 0 Å². The second-order valence-corrected chi connectivity index (χ2v) is 7.75. The van der Waals surface area contributed by atoms with Gasteiger partial charge in [-0.3, -0.25) is 9.59 Å². The van der Waals surface area contributed by atoms with Crippen LogP contribution in [0, 0.1) is 0 Å². The molecule has 1 aromatic heterocycles. The summed E-state index contributed by atoms with van der Waals surface area (Å²) in [4.78, 5) is 30.4. The summed E-state index contributed by atoms with van der Waals surface area (Å²) in [6, 6.07) is 18.9. The Bertz CT molecular complexity index is 1290. The summed E-state index contributed by atoms with van der Waals surface area (Å²) in [5.74, 6) is 0.446. The molecule has 6 heteroatoms. The van der Waals surface area contributed by atoms with Crippen molar-refractivity contribution in [2.75, 3.05) is 18.6 Å². The lowest BCUT2D eigenvalue weighted by Crippen LogP contribution is -2.39. The van der Waals surface area contributed by atoms with Gasteiger partial charge in [-0.05, 0) is 41.6 Å². The maximum Gasteiger partial charge on any atom is 0.251 e. The number of nitrogens with zero attached hydrogens (tertiary/aromatic N) is 1. The number of methoxy groups -OCH3 is 1. The van der Waals surface area contributed by atoms with Crippen molar-refractivity contribution in [2.24, 2.45) is 0 Å². The minimum atomic E-state index is -0.508. The number of nitrogens with one attached hydrogen (secondary N) is 2. The lowest BCUT2D eigenvalue weighted by molar-refractivity contribution is -0.121. The first-order chi connectivity index (χ1) is 15.2. The Hall–Kier alpha value is -3.64. The molecule has 0 saturated carbocycles. The molecule has 3 aromatic carbocycles. The average Bonchev–Trinajstić information content (AvgIpc) is 3.33. The average molecular weight is 413 g/mol. The number of carbonyl (C=O) groups is 2. The van der Waals surface area contributed by atoms with Gasteiger partial charge in [0.25, 0.3) is 5.91 Å². The van der Waals surface area contributed by atoms with Crippen LogP contribution in [-0.2, 0) is 16.0 Å². The predicted molar refractivity (Wildman–Crippen MR) is 121 cm³/mol. The van der Waals surface area contributed by atoms with E-state index in [-0.39, 0.29) is 18.2 Å². The second kappa shape index (κ2) is 7.89. The Kier molecular flexibility index (Phi) is 4.92. The molecule has 1 fully saturated rings. The molecule has 5 rings (SSSR count). The maximum atomic E-state index is 13.1. The van der Waals surface area contributed by atoms with E-state index in [1.165, 1.54) is 4.90 Å². The Labute approximate surface area is 179 Å². The first-order valence-corrected chi connectivity index (χ1v) is 10.4. The van der Waals surface area contributed by atoms with E-state index in [4.69, 9.17) is 4.74 Å². The molecule has 2 heterocycles. The van der Waals surface area contributed by atoms with Gasteiger partial charge in [0.05, 0.1) is 25.3 Å². The van der Waals surface area contributed by atoms with Gasteiger partial charge < -0.3 is 15.0 Å². The minimum absolute atomic E-state index is 0.170. The summed E-state index contributed by atoms with van der Waals surface area (Å²) in [6.45, 7) is 0.594. The molecule has 6 nitrogen and oxygen atoms in total. The summed E-state index contributed by atoms with van der Waals surface area (Å²) < 4.78 is 5.33. The number of carbonyl (C=O) groups excluding carboxylic acids is 2. The Balaban J connectivity index is 1.30. The third kappa shape index (κ3) is 3.45. The summed E-state index contributed by atoms with van der Waals surface area (Å²) in [5.41, 5.74) is 2.84. The third-order valence-electron chi connectivity index (χ3n) is 5.91. The fraction of sp³-hybridized carbons (Fsp3) is 0.200. The van der Waals surface area contributed by atoms with Gasteiger partial charge in [0.15, 0.2) is 0 Å². The van der Waals surface area contributed by atoms with Gasteiger partial charge in [-0.15, -0.1) is 0 Å². The summed E-state index contributed by atoms with van der Waals surface area (Å²) >= 11 is 0. The molecular weight excluding hydrogens is 390 g/mol. The zero-order valence-electron chi connectivity index (χ0n) is 17.2. The first kappa shape index (κ1) is 19.3. The number of H-pyrrole nitrogens is 1. The largest absolute Gasteiger partial charge is 0.497 e. The number of aromatic nitrogens is 1. The standard InChI is InChI=1S/C25H23N3O3/c1-31-18-9-10-21-20(13-18)17(15-27-21)11-12-26-22-14-24(29)28(25(22)30)23-8-4-6-16-5-2-3-7-19(16)23/h2-10,13,15,22,26-27H,11-12,14H2,1H3/t22-/m1/s1. The van der Waals surface area contributed by atoms with Crippen LogP contribution in [0.3, 0.4) is 0 Å². The van der Waals surface area contributed by atoms with E-state index in [1.807, 2.05) is 66.9 Å². The normalized spacial score (nSPS) is 16.5. The Morgan fingerprint density at radius 3 is 2.77 bits per heavy atom. The molecule has 0 unspecified atom stereocenters. The fourth-order valence-electron chi connectivity index (χ4n) is 4.32. The molecule has 2 amide bonds. The topological polar surface area (TPSA) is 74.4 Å². The summed E-state index contributed by atoms with van der Waals surface area (Å²) in [6.07, 6.45) is 2.89. The Morgan fingerprint density at radius 1 is 1.06 bits per heavy atom. The van der Waals surface area contributed by atoms with E-state index in [1.54, 1.807) is 7.11 Å². The predicted octanol–water partition coefficient (Wildman–Crippen LogP) is 3.79. The van der Waals surface area contributed by atoms with Crippen LogP contribution in [0.5, 0.6) is 5.75 Å². The third-order valence-corrected chi connectivity index (χ3v) is 5.91. The van der Waals surface area contributed by atoms with Gasteiger partial charge in [-0.1, -0.05) is 36.4 Å². The lowest BCUT2D eigenvalue weighted by atomic mass is 10.1. The van der Waals surface area contributed by atoms with E-state index in [9.17, 15) is 9.59 Å². The van der Waals surface area contributed by atoms with Gasteiger partial charge in [0, 0.05) is 29.0 Å². The van der Waals surface area contributed by atoms with Gasteiger partial charge in [0.2, 0.25) is 5.91 Å². The zero-order chi connectivity index (χ0) is 21.4. The van der Waals surface area contributed by atoms with E-state index in [0.29, 0.717) is 12.2 Å². The van der Waals surface area contributed by atoms with Crippen LogP contribution in [0.4, 0.5) is 5.69 Å². The second-order valence-electron chi connectivity index (χ2n) is 7.75. The number of benzene rings is 3. The van der Waals surface area contributed by atoms with Gasteiger partial charge in [-0.25, -0.2) is 4.90 Å². The number of rotatable bonds is 6.